The molecule has 0 spiro atoms. The Bertz CT molecular complexity index is 1450. The first-order valence-corrected chi connectivity index (χ1v) is 13.7. The van der Waals surface area contributed by atoms with Crippen LogP contribution in [0.2, 0.25) is 0 Å². The fraction of sp³-hybridized carbons (Fsp3) is 0.385. The van der Waals surface area contributed by atoms with Gasteiger partial charge < -0.3 is 19.0 Å². The molecule has 4 heterocycles. The number of pyridine rings is 1. The van der Waals surface area contributed by atoms with Gasteiger partial charge in [-0.05, 0) is 62.9 Å². The number of methoxy groups -OCH3 is 1. The van der Waals surface area contributed by atoms with Crippen LogP contribution in [-0.4, -0.2) is 36.7 Å². The molecule has 10 heteroatoms. The van der Waals surface area contributed by atoms with Crippen molar-refractivity contribution in [3.63, 3.8) is 0 Å². The van der Waals surface area contributed by atoms with Gasteiger partial charge in [-0.2, -0.15) is 0 Å². The Labute approximate surface area is 210 Å². The number of benzene rings is 1. The van der Waals surface area contributed by atoms with E-state index >= 15 is 0 Å². The van der Waals surface area contributed by atoms with Crippen LogP contribution in [0.3, 0.4) is 0 Å². The van der Waals surface area contributed by atoms with Crippen molar-refractivity contribution in [2.45, 2.75) is 56.6 Å². The highest BCUT2D eigenvalue weighted by atomic mass is 32.2. The van der Waals surface area contributed by atoms with E-state index in [1.54, 1.807) is 44.0 Å². The zero-order chi connectivity index (χ0) is 25.1. The predicted molar refractivity (Wildman–Crippen MR) is 137 cm³/mol. The highest BCUT2D eigenvalue weighted by Crippen LogP contribution is 2.32. The van der Waals surface area contributed by atoms with Crippen LogP contribution in [-0.2, 0) is 34.3 Å². The van der Waals surface area contributed by atoms with Gasteiger partial charge in [0, 0.05) is 54.8 Å². The summed E-state index contributed by atoms with van der Waals surface area (Å²) in [6, 6.07) is 8.76. The molecule has 0 fully saturated rings. The first-order chi connectivity index (χ1) is 17.5. The maximum Gasteiger partial charge on any atom is 0.241 e. The minimum absolute atomic E-state index is 0.140. The van der Waals surface area contributed by atoms with Gasteiger partial charge in [0.1, 0.15) is 11.6 Å². The summed E-state index contributed by atoms with van der Waals surface area (Å²) < 4.78 is 42.8. The highest BCUT2D eigenvalue weighted by molar-refractivity contribution is 7.89. The molecule has 3 aromatic heterocycles. The minimum atomic E-state index is -3.80. The number of sulfonamides is 1. The molecule has 0 saturated carbocycles. The summed E-state index contributed by atoms with van der Waals surface area (Å²) in [6.45, 7) is 3.62. The molecular weight excluding hydrogens is 478 g/mol. The van der Waals surface area contributed by atoms with Crippen LogP contribution in [0.15, 0.2) is 58.3 Å². The topological polar surface area (TPSA) is 111 Å². The Kier molecular flexibility index (Phi) is 7.08. The molecule has 1 aromatic carbocycles. The monoisotopic (exact) mass is 509 g/mol. The summed E-state index contributed by atoms with van der Waals surface area (Å²) in [7, 11) is -2.14. The molecule has 5 rings (SSSR count). The van der Waals surface area contributed by atoms with Crippen molar-refractivity contribution in [1.82, 2.24) is 19.3 Å². The third-order valence-corrected chi connectivity index (χ3v) is 8.18. The maximum absolute atomic E-state index is 13.4. The zero-order valence-electron chi connectivity index (χ0n) is 20.5. The van der Waals surface area contributed by atoms with Gasteiger partial charge in [0.25, 0.3) is 0 Å². The Hall–Kier alpha value is -3.21. The third kappa shape index (κ3) is 4.88. The number of anilines is 1. The van der Waals surface area contributed by atoms with Crippen molar-refractivity contribution < 1.29 is 17.6 Å². The lowest BCUT2D eigenvalue weighted by Gasteiger charge is -2.20. The standard InChI is InChI=1S/C26H31N5O4S/c1-18-29-23(24-6-3-4-13-31(18)24)17-28-36(32,33)26-9-8-21(20-16-27-12-10-19(20)26)30-22(11-15-34-2)25-7-5-14-35-25/h5,7-10,12,14,16,22,28,30H,3-4,6,11,13,15,17H2,1-2H3. The predicted octanol–water partition coefficient (Wildman–Crippen LogP) is 4.34. The van der Waals surface area contributed by atoms with Gasteiger partial charge in [-0.15, -0.1) is 0 Å². The summed E-state index contributed by atoms with van der Waals surface area (Å²) in [4.78, 5) is 9.11. The molecule has 36 heavy (non-hydrogen) atoms. The van der Waals surface area contributed by atoms with E-state index in [0.29, 0.717) is 23.8 Å². The molecule has 0 bridgehead atoms. The fourth-order valence-corrected chi connectivity index (χ4v) is 6.11. The zero-order valence-corrected chi connectivity index (χ0v) is 21.3. The quantitative estimate of drug-likeness (QED) is 0.327. The number of furan rings is 1. The van der Waals surface area contributed by atoms with Gasteiger partial charge in [0.15, 0.2) is 0 Å². The highest BCUT2D eigenvalue weighted by Gasteiger charge is 2.23. The maximum atomic E-state index is 13.4. The number of rotatable bonds is 10. The van der Waals surface area contributed by atoms with Crippen molar-refractivity contribution in [3.05, 3.63) is 72.0 Å². The lowest BCUT2D eigenvalue weighted by Crippen LogP contribution is -2.25. The Morgan fingerprint density at radius 3 is 2.89 bits per heavy atom. The number of aryl methyl sites for hydroxylation is 1. The first-order valence-electron chi connectivity index (χ1n) is 12.2. The summed E-state index contributed by atoms with van der Waals surface area (Å²) in [5.74, 6) is 1.71. The van der Waals surface area contributed by atoms with E-state index in [1.807, 2.05) is 19.1 Å². The van der Waals surface area contributed by atoms with Crippen LogP contribution in [0.25, 0.3) is 10.8 Å². The number of nitrogens with zero attached hydrogens (tertiary/aromatic N) is 3. The largest absolute Gasteiger partial charge is 0.467 e. The third-order valence-electron chi connectivity index (χ3n) is 6.72. The van der Waals surface area contributed by atoms with Crippen molar-refractivity contribution >= 4 is 26.5 Å². The summed E-state index contributed by atoms with van der Waals surface area (Å²) in [5, 5.41) is 4.80. The van der Waals surface area contributed by atoms with Crippen LogP contribution in [0.1, 0.15) is 48.3 Å². The van der Waals surface area contributed by atoms with E-state index in [1.165, 1.54) is 0 Å². The SMILES string of the molecule is COCCC(Nc1ccc(S(=O)(=O)NCc2nc(C)n3c2CCCC3)c2ccncc12)c1ccco1. The van der Waals surface area contributed by atoms with Crippen LogP contribution >= 0.6 is 0 Å². The van der Waals surface area contributed by atoms with Crippen molar-refractivity contribution in [3.8, 4) is 0 Å². The molecule has 0 aliphatic carbocycles. The normalized spacial score (nSPS) is 14.6. The summed E-state index contributed by atoms with van der Waals surface area (Å²) in [5.41, 5.74) is 2.71. The lowest BCUT2D eigenvalue weighted by molar-refractivity contribution is 0.187. The Morgan fingerprint density at radius 1 is 1.19 bits per heavy atom. The molecule has 0 radical (unpaired) electrons. The van der Waals surface area contributed by atoms with Crippen LogP contribution < -0.4 is 10.0 Å². The second kappa shape index (κ2) is 10.4. The van der Waals surface area contributed by atoms with Crippen LogP contribution in [0.5, 0.6) is 0 Å². The van der Waals surface area contributed by atoms with Crippen molar-refractivity contribution in [1.29, 1.82) is 0 Å². The second-order valence-corrected chi connectivity index (χ2v) is 10.7. The molecule has 190 valence electrons. The van der Waals surface area contributed by atoms with Gasteiger partial charge in [0.2, 0.25) is 10.0 Å². The first kappa shape index (κ1) is 24.5. The Balaban J connectivity index is 1.43. The van der Waals surface area contributed by atoms with Crippen LogP contribution in [0, 0.1) is 6.92 Å². The van der Waals surface area contributed by atoms with E-state index in [2.05, 4.69) is 24.6 Å². The number of imidazole rings is 1. The average molecular weight is 510 g/mol. The number of nitrogens with one attached hydrogen (secondary N) is 2. The van der Waals surface area contributed by atoms with Crippen LogP contribution in [0.4, 0.5) is 5.69 Å². The number of hydrogen-bond acceptors (Lipinski definition) is 7. The average Bonchev–Trinajstić information content (AvgIpc) is 3.54. The second-order valence-electron chi connectivity index (χ2n) is 9.01. The number of aromatic nitrogens is 3. The van der Waals surface area contributed by atoms with E-state index in [9.17, 15) is 8.42 Å². The molecule has 1 atom stereocenters. The number of ether oxygens (including phenoxy) is 1. The molecule has 9 nitrogen and oxygen atoms in total. The minimum Gasteiger partial charge on any atom is -0.467 e. The molecule has 2 N–H and O–H groups in total. The lowest BCUT2D eigenvalue weighted by atomic mass is 10.1. The van der Waals surface area contributed by atoms with Gasteiger partial charge in [-0.3, -0.25) is 4.98 Å². The molecule has 1 unspecified atom stereocenters. The van der Waals surface area contributed by atoms with Crippen molar-refractivity contribution in [2.75, 3.05) is 19.0 Å². The molecule has 4 aromatic rings. The molecule has 1 aliphatic heterocycles. The van der Waals surface area contributed by atoms with Crippen molar-refractivity contribution in [2.24, 2.45) is 0 Å². The molecule has 0 amide bonds. The van der Waals surface area contributed by atoms with E-state index in [0.717, 1.165) is 54.5 Å². The molecule has 1 aliphatic rings. The Morgan fingerprint density at radius 2 is 2.08 bits per heavy atom. The van der Waals surface area contributed by atoms with Gasteiger partial charge >= 0.3 is 0 Å². The molecule has 0 saturated heterocycles. The molecular formula is C26H31N5O4S. The number of fused-ring (bicyclic) bond motifs is 2. The summed E-state index contributed by atoms with van der Waals surface area (Å²) in [6.07, 6.45) is 8.75. The van der Waals surface area contributed by atoms with E-state index < -0.39 is 10.0 Å². The van der Waals surface area contributed by atoms with Gasteiger partial charge in [-0.1, -0.05) is 0 Å². The van der Waals surface area contributed by atoms with Gasteiger partial charge in [0.05, 0.1) is 29.4 Å². The van der Waals surface area contributed by atoms with E-state index in [4.69, 9.17) is 9.15 Å². The van der Waals surface area contributed by atoms with Gasteiger partial charge in [-0.25, -0.2) is 18.1 Å². The fourth-order valence-electron chi connectivity index (χ4n) is 4.91. The smallest absolute Gasteiger partial charge is 0.241 e. The van der Waals surface area contributed by atoms with E-state index in [-0.39, 0.29) is 17.5 Å². The summed E-state index contributed by atoms with van der Waals surface area (Å²) >= 11 is 0. The number of hydrogen-bond donors (Lipinski definition) is 2.